The number of anilines is 1. The number of ether oxygens (including phenoxy) is 1. The van der Waals surface area contributed by atoms with E-state index < -0.39 is 11.4 Å². The molecule has 1 amide bonds. The number of carbonyl (C=O) groups excluding carboxylic acids is 1. The molecule has 0 unspecified atom stereocenters. The number of hydrogen-bond donors (Lipinski definition) is 3. The van der Waals surface area contributed by atoms with Crippen LogP contribution in [0, 0.1) is 12.3 Å². The van der Waals surface area contributed by atoms with Crippen molar-refractivity contribution in [2.75, 3.05) is 25.1 Å². The van der Waals surface area contributed by atoms with Crippen LogP contribution in [0.5, 0.6) is 0 Å². The summed E-state index contributed by atoms with van der Waals surface area (Å²) in [5.41, 5.74) is 6.40. The zero-order valence-electron chi connectivity index (χ0n) is 12.0. The number of nitrogens with one attached hydrogen (secondary N) is 1. The summed E-state index contributed by atoms with van der Waals surface area (Å²) >= 11 is 0. The Hall–Kier alpha value is -1.92. The minimum absolute atomic E-state index is 0.168. The van der Waals surface area contributed by atoms with Gasteiger partial charge in [-0.3, -0.25) is 4.79 Å². The molecular formula is C15H20N2O4. The van der Waals surface area contributed by atoms with Crippen molar-refractivity contribution in [2.24, 2.45) is 11.1 Å². The molecule has 0 spiro atoms. The first-order valence-corrected chi connectivity index (χ1v) is 6.92. The van der Waals surface area contributed by atoms with Crippen LogP contribution in [0.2, 0.25) is 0 Å². The average Bonchev–Trinajstić information content (AvgIpc) is 2.49. The Morgan fingerprint density at radius 1 is 1.38 bits per heavy atom. The zero-order chi connectivity index (χ0) is 15.5. The van der Waals surface area contributed by atoms with Crippen molar-refractivity contribution >= 4 is 17.6 Å². The summed E-state index contributed by atoms with van der Waals surface area (Å²) in [6.07, 6.45) is 1.15. The fraction of sp³-hybridized carbons (Fsp3) is 0.467. The van der Waals surface area contributed by atoms with E-state index in [-0.39, 0.29) is 18.0 Å². The number of amides is 1. The van der Waals surface area contributed by atoms with Gasteiger partial charge in [-0.1, -0.05) is 6.07 Å². The van der Waals surface area contributed by atoms with Crippen LogP contribution in [0.25, 0.3) is 0 Å². The van der Waals surface area contributed by atoms with E-state index in [1.165, 1.54) is 6.07 Å². The van der Waals surface area contributed by atoms with Gasteiger partial charge >= 0.3 is 5.97 Å². The number of carbonyl (C=O) groups is 2. The van der Waals surface area contributed by atoms with Crippen molar-refractivity contribution in [1.82, 2.24) is 0 Å². The number of rotatable bonds is 4. The van der Waals surface area contributed by atoms with Gasteiger partial charge in [0.25, 0.3) is 0 Å². The van der Waals surface area contributed by atoms with Crippen LogP contribution >= 0.6 is 0 Å². The van der Waals surface area contributed by atoms with Crippen molar-refractivity contribution < 1.29 is 19.4 Å². The molecule has 1 aliphatic rings. The number of aromatic carboxylic acids is 1. The summed E-state index contributed by atoms with van der Waals surface area (Å²) in [6, 6.07) is 4.83. The lowest BCUT2D eigenvalue weighted by Gasteiger charge is -2.34. The Kier molecular flexibility index (Phi) is 4.59. The summed E-state index contributed by atoms with van der Waals surface area (Å²) in [4.78, 5) is 23.7. The lowest BCUT2D eigenvalue weighted by molar-refractivity contribution is -0.130. The maximum absolute atomic E-state index is 12.6. The second-order valence-electron chi connectivity index (χ2n) is 5.33. The molecule has 0 bridgehead atoms. The molecule has 2 rings (SSSR count). The molecule has 1 aromatic carbocycles. The standard InChI is InChI=1S/C15H20N2O4/c1-10-11(13(18)19)3-2-4-12(10)17-14(20)15(9-16)5-7-21-8-6-15/h2-4H,5-9,16H2,1H3,(H,17,20)(H,18,19). The molecule has 4 N–H and O–H groups in total. The number of hydrogen-bond acceptors (Lipinski definition) is 4. The summed E-state index contributed by atoms with van der Waals surface area (Å²) < 4.78 is 5.29. The Morgan fingerprint density at radius 2 is 2.05 bits per heavy atom. The minimum atomic E-state index is -1.01. The summed E-state index contributed by atoms with van der Waals surface area (Å²) in [7, 11) is 0. The summed E-state index contributed by atoms with van der Waals surface area (Å²) in [5.74, 6) is -1.18. The van der Waals surface area contributed by atoms with E-state index in [0.717, 1.165) is 0 Å². The van der Waals surface area contributed by atoms with Gasteiger partial charge in [0.15, 0.2) is 0 Å². The SMILES string of the molecule is Cc1c(NC(=O)C2(CN)CCOCC2)cccc1C(=O)O. The normalized spacial score (nSPS) is 17.2. The number of carboxylic acid groups (broad SMARTS) is 1. The van der Waals surface area contributed by atoms with Crippen LogP contribution in [-0.4, -0.2) is 36.7 Å². The predicted molar refractivity (Wildman–Crippen MR) is 78.3 cm³/mol. The van der Waals surface area contributed by atoms with Crippen molar-refractivity contribution in [3.63, 3.8) is 0 Å². The molecule has 1 aromatic rings. The Balaban J connectivity index is 2.23. The third-order valence-corrected chi connectivity index (χ3v) is 4.13. The van der Waals surface area contributed by atoms with Gasteiger partial charge in [-0.2, -0.15) is 0 Å². The van der Waals surface area contributed by atoms with Gasteiger partial charge in [0, 0.05) is 25.4 Å². The first kappa shape index (κ1) is 15.5. The first-order chi connectivity index (χ1) is 10.00. The largest absolute Gasteiger partial charge is 0.478 e. The highest BCUT2D eigenvalue weighted by Crippen LogP contribution is 2.31. The second-order valence-corrected chi connectivity index (χ2v) is 5.33. The molecule has 0 aromatic heterocycles. The van der Waals surface area contributed by atoms with Crippen molar-refractivity contribution in [1.29, 1.82) is 0 Å². The van der Waals surface area contributed by atoms with Crippen molar-refractivity contribution in [2.45, 2.75) is 19.8 Å². The maximum Gasteiger partial charge on any atom is 0.336 e. The van der Waals surface area contributed by atoms with E-state index in [9.17, 15) is 9.59 Å². The number of carboxylic acids is 1. The third-order valence-electron chi connectivity index (χ3n) is 4.13. The number of nitrogens with two attached hydrogens (primary N) is 1. The minimum Gasteiger partial charge on any atom is -0.478 e. The molecule has 0 radical (unpaired) electrons. The van der Waals surface area contributed by atoms with Gasteiger partial charge in [-0.25, -0.2) is 4.79 Å². The molecule has 0 atom stereocenters. The van der Waals surface area contributed by atoms with E-state index in [2.05, 4.69) is 5.32 Å². The maximum atomic E-state index is 12.6. The molecule has 21 heavy (non-hydrogen) atoms. The predicted octanol–water partition coefficient (Wildman–Crippen LogP) is 1.39. The summed E-state index contributed by atoms with van der Waals surface area (Å²) in [5, 5.41) is 11.9. The van der Waals surface area contributed by atoms with Gasteiger partial charge < -0.3 is 20.9 Å². The van der Waals surface area contributed by atoms with Gasteiger partial charge in [0.1, 0.15) is 0 Å². The van der Waals surface area contributed by atoms with Crippen LogP contribution in [-0.2, 0) is 9.53 Å². The quantitative estimate of drug-likeness (QED) is 0.778. The van der Waals surface area contributed by atoms with Gasteiger partial charge in [0.05, 0.1) is 11.0 Å². The lowest BCUT2D eigenvalue weighted by atomic mass is 9.79. The van der Waals surface area contributed by atoms with Crippen molar-refractivity contribution in [3.05, 3.63) is 29.3 Å². The lowest BCUT2D eigenvalue weighted by Crippen LogP contribution is -2.46. The van der Waals surface area contributed by atoms with Crippen molar-refractivity contribution in [3.8, 4) is 0 Å². The summed E-state index contributed by atoms with van der Waals surface area (Å²) in [6.45, 7) is 2.95. The van der Waals surface area contributed by atoms with E-state index in [1.54, 1.807) is 19.1 Å². The third kappa shape index (κ3) is 3.06. The van der Waals surface area contributed by atoms with Gasteiger partial charge in [-0.05, 0) is 37.5 Å². The molecule has 1 fully saturated rings. The second kappa shape index (κ2) is 6.24. The van der Waals surface area contributed by atoms with E-state index in [4.69, 9.17) is 15.6 Å². The highest BCUT2D eigenvalue weighted by atomic mass is 16.5. The van der Waals surface area contributed by atoms with E-state index in [0.29, 0.717) is 37.3 Å². The topological polar surface area (TPSA) is 102 Å². The molecule has 6 heteroatoms. The highest BCUT2D eigenvalue weighted by molar-refractivity contribution is 5.98. The van der Waals surface area contributed by atoms with Crippen LogP contribution in [0.1, 0.15) is 28.8 Å². The molecule has 114 valence electrons. The fourth-order valence-corrected chi connectivity index (χ4v) is 2.54. The van der Waals surface area contributed by atoms with Crippen LogP contribution in [0.15, 0.2) is 18.2 Å². The smallest absolute Gasteiger partial charge is 0.336 e. The molecule has 0 aliphatic carbocycles. The van der Waals surface area contributed by atoms with Gasteiger partial charge in [-0.15, -0.1) is 0 Å². The number of benzene rings is 1. The molecule has 1 aliphatic heterocycles. The van der Waals surface area contributed by atoms with E-state index in [1.807, 2.05) is 0 Å². The van der Waals surface area contributed by atoms with Crippen LogP contribution in [0.4, 0.5) is 5.69 Å². The highest BCUT2D eigenvalue weighted by Gasteiger charge is 2.39. The molecule has 0 saturated carbocycles. The fourth-order valence-electron chi connectivity index (χ4n) is 2.54. The van der Waals surface area contributed by atoms with Gasteiger partial charge in [0.2, 0.25) is 5.91 Å². The molecular weight excluding hydrogens is 272 g/mol. The van der Waals surface area contributed by atoms with E-state index >= 15 is 0 Å². The first-order valence-electron chi connectivity index (χ1n) is 6.92. The Morgan fingerprint density at radius 3 is 2.62 bits per heavy atom. The monoisotopic (exact) mass is 292 g/mol. The van der Waals surface area contributed by atoms with Crippen LogP contribution in [0.3, 0.4) is 0 Å². The Bertz CT molecular complexity index is 551. The van der Waals surface area contributed by atoms with Crippen LogP contribution < -0.4 is 11.1 Å². The molecule has 1 heterocycles. The zero-order valence-corrected chi connectivity index (χ0v) is 12.0. The molecule has 1 saturated heterocycles. The average molecular weight is 292 g/mol. The molecule has 6 nitrogen and oxygen atoms in total. The Labute approximate surface area is 123 Å².